The number of hydrogen-bond donors (Lipinski definition) is 1. The third-order valence-electron chi connectivity index (χ3n) is 6.36. The van der Waals surface area contributed by atoms with Gasteiger partial charge in [-0.1, -0.05) is 6.07 Å². The largest absolute Gasteiger partial charge is 0.465 e. The molecule has 2 aromatic heterocycles. The number of esters is 1. The molecule has 0 saturated heterocycles. The normalized spacial score (nSPS) is 13.2. The number of methoxy groups -OCH3 is 1. The maximum atomic E-state index is 12.9. The predicted molar refractivity (Wildman–Crippen MR) is 139 cm³/mol. The zero-order valence-electron chi connectivity index (χ0n) is 20.7. The molecule has 1 amide bonds. The number of benzene rings is 1. The number of thiophene rings is 1. The number of aryl methyl sites for hydroxylation is 4. The van der Waals surface area contributed by atoms with E-state index >= 15 is 0 Å². The van der Waals surface area contributed by atoms with Crippen molar-refractivity contribution < 1.29 is 14.3 Å². The molecule has 6 nitrogen and oxygen atoms in total. The number of rotatable bonds is 5. The van der Waals surface area contributed by atoms with Crippen LogP contribution in [0, 0.1) is 39.0 Å². The second kappa shape index (κ2) is 9.93. The van der Waals surface area contributed by atoms with Gasteiger partial charge in [-0.3, -0.25) is 4.79 Å². The third-order valence-corrected chi connectivity index (χ3v) is 7.64. The second-order valence-electron chi connectivity index (χ2n) is 9.04. The van der Waals surface area contributed by atoms with Crippen LogP contribution in [-0.4, -0.2) is 23.6 Å². The molecule has 0 bridgehead atoms. The number of aromatic nitrogens is 1. The van der Waals surface area contributed by atoms with E-state index in [0.717, 1.165) is 64.3 Å². The van der Waals surface area contributed by atoms with E-state index in [0.29, 0.717) is 11.3 Å². The molecule has 4 rings (SSSR count). The number of nitrogens with one attached hydrogen (secondary N) is 1. The lowest BCUT2D eigenvalue weighted by molar-refractivity contribution is -0.112. The van der Waals surface area contributed by atoms with E-state index in [-0.39, 0.29) is 11.5 Å². The van der Waals surface area contributed by atoms with Gasteiger partial charge in [0.1, 0.15) is 16.6 Å². The van der Waals surface area contributed by atoms with Gasteiger partial charge < -0.3 is 14.6 Å². The van der Waals surface area contributed by atoms with Crippen molar-refractivity contribution in [2.75, 3.05) is 12.4 Å². The number of hydrogen-bond acceptors (Lipinski definition) is 5. The quantitative estimate of drug-likeness (QED) is 0.272. The van der Waals surface area contributed by atoms with Crippen molar-refractivity contribution >= 4 is 35.0 Å². The van der Waals surface area contributed by atoms with E-state index in [1.54, 1.807) is 17.4 Å². The number of carbonyl (C=O) groups excluding carboxylic acids is 2. The molecule has 1 aromatic carbocycles. The number of nitriles is 1. The average Bonchev–Trinajstić information content (AvgIpc) is 3.32. The van der Waals surface area contributed by atoms with Gasteiger partial charge in [-0.2, -0.15) is 5.26 Å². The summed E-state index contributed by atoms with van der Waals surface area (Å²) in [5.41, 5.74) is 7.02. The Labute approximate surface area is 209 Å². The standard InChI is InChI=1S/C28H29N3O3S/c1-16-10-17(2)12-22(11-16)30-26(32)21(15-29)14-20-13-18(3)31(19(20)4)27-25(28(33)34-5)23-8-6-7-9-24(23)35-27/h10-14H,6-9H2,1-5H3,(H,30,32)/b21-14-. The minimum Gasteiger partial charge on any atom is -0.465 e. The molecule has 1 N–H and O–H groups in total. The lowest BCUT2D eigenvalue weighted by atomic mass is 9.95. The first-order valence-corrected chi connectivity index (χ1v) is 12.5. The molecular formula is C28H29N3O3S. The molecule has 2 heterocycles. The van der Waals surface area contributed by atoms with Gasteiger partial charge in [0, 0.05) is 22.0 Å². The van der Waals surface area contributed by atoms with E-state index < -0.39 is 5.91 Å². The maximum absolute atomic E-state index is 12.9. The molecule has 0 saturated carbocycles. The van der Waals surface area contributed by atoms with Crippen LogP contribution in [0.5, 0.6) is 0 Å². The molecule has 0 radical (unpaired) electrons. The zero-order chi connectivity index (χ0) is 25.3. The highest BCUT2D eigenvalue weighted by molar-refractivity contribution is 7.15. The first-order valence-electron chi connectivity index (χ1n) is 11.7. The molecular weight excluding hydrogens is 458 g/mol. The van der Waals surface area contributed by atoms with Crippen molar-refractivity contribution in [1.82, 2.24) is 4.57 Å². The van der Waals surface area contributed by atoms with E-state index in [2.05, 4.69) is 5.32 Å². The fourth-order valence-corrected chi connectivity index (χ4v) is 6.31. The Hall–Kier alpha value is -3.63. The molecule has 35 heavy (non-hydrogen) atoms. The minimum absolute atomic E-state index is 0.0167. The van der Waals surface area contributed by atoms with Crippen molar-refractivity contribution in [2.24, 2.45) is 0 Å². The molecule has 7 heteroatoms. The van der Waals surface area contributed by atoms with E-state index in [1.165, 1.54) is 12.0 Å². The van der Waals surface area contributed by atoms with Crippen LogP contribution < -0.4 is 5.32 Å². The number of carbonyl (C=O) groups is 2. The third kappa shape index (κ3) is 4.80. The van der Waals surface area contributed by atoms with Crippen LogP contribution in [0.25, 0.3) is 11.1 Å². The van der Waals surface area contributed by atoms with Gasteiger partial charge in [-0.05, 0) is 99.9 Å². The zero-order valence-corrected chi connectivity index (χ0v) is 21.6. The SMILES string of the molecule is COC(=O)c1c(-n2c(C)cc(/C=C(/C#N)C(=O)Nc3cc(C)cc(C)c3)c2C)sc2c1CCCC2. The molecule has 0 atom stereocenters. The molecule has 3 aromatic rings. The van der Waals surface area contributed by atoms with E-state index in [1.807, 2.05) is 62.6 Å². The summed E-state index contributed by atoms with van der Waals surface area (Å²) in [7, 11) is 1.41. The van der Waals surface area contributed by atoms with Crippen LogP contribution in [-0.2, 0) is 22.4 Å². The van der Waals surface area contributed by atoms with Crippen molar-refractivity contribution in [3.05, 3.63) is 73.9 Å². The highest BCUT2D eigenvalue weighted by Crippen LogP contribution is 2.39. The summed E-state index contributed by atoms with van der Waals surface area (Å²) in [5.74, 6) is -0.779. The van der Waals surface area contributed by atoms with Gasteiger partial charge in [0.2, 0.25) is 0 Å². The monoisotopic (exact) mass is 487 g/mol. The summed E-state index contributed by atoms with van der Waals surface area (Å²) in [6.07, 6.45) is 5.63. The summed E-state index contributed by atoms with van der Waals surface area (Å²) in [6, 6.07) is 9.76. The summed E-state index contributed by atoms with van der Waals surface area (Å²) >= 11 is 1.63. The molecule has 0 spiro atoms. The minimum atomic E-state index is -0.454. The number of anilines is 1. The summed E-state index contributed by atoms with van der Waals surface area (Å²) in [6.45, 7) is 7.83. The van der Waals surface area contributed by atoms with E-state index in [9.17, 15) is 14.9 Å². The molecule has 0 unspecified atom stereocenters. The highest BCUT2D eigenvalue weighted by atomic mass is 32.1. The van der Waals surface area contributed by atoms with Crippen molar-refractivity contribution in [1.29, 1.82) is 5.26 Å². The Morgan fingerprint density at radius 1 is 1.09 bits per heavy atom. The Bertz CT molecular complexity index is 1380. The average molecular weight is 488 g/mol. The Morgan fingerprint density at radius 2 is 1.77 bits per heavy atom. The highest BCUT2D eigenvalue weighted by Gasteiger charge is 2.28. The van der Waals surface area contributed by atoms with Crippen molar-refractivity contribution in [3.63, 3.8) is 0 Å². The van der Waals surface area contributed by atoms with Gasteiger partial charge in [0.25, 0.3) is 5.91 Å². The van der Waals surface area contributed by atoms with Gasteiger partial charge in [-0.25, -0.2) is 4.79 Å². The van der Waals surface area contributed by atoms with Crippen LogP contribution in [0.2, 0.25) is 0 Å². The fourth-order valence-electron chi connectivity index (χ4n) is 4.82. The lowest BCUT2D eigenvalue weighted by Gasteiger charge is -2.12. The van der Waals surface area contributed by atoms with Crippen molar-refractivity contribution in [3.8, 4) is 11.1 Å². The Morgan fingerprint density at radius 3 is 2.43 bits per heavy atom. The lowest BCUT2D eigenvalue weighted by Crippen LogP contribution is -2.13. The van der Waals surface area contributed by atoms with Crippen LogP contribution in [0.3, 0.4) is 0 Å². The van der Waals surface area contributed by atoms with Crippen LogP contribution in [0.1, 0.15) is 61.7 Å². The Balaban J connectivity index is 1.73. The maximum Gasteiger partial charge on any atom is 0.341 e. The van der Waals surface area contributed by atoms with Crippen LogP contribution in [0.4, 0.5) is 5.69 Å². The molecule has 0 fully saturated rings. The number of nitrogens with zero attached hydrogens (tertiary/aromatic N) is 2. The predicted octanol–water partition coefficient (Wildman–Crippen LogP) is 5.98. The second-order valence-corrected chi connectivity index (χ2v) is 10.1. The molecule has 1 aliphatic rings. The summed E-state index contributed by atoms with van der Waals surface area (Å²) < 4.78 is 7.18. The van der Waals surface area contributed by atoms with Gasteiger partial charge in [0.15, 0.2) is 0 Å². The molecule has 1 aliphatic carbocycles. The van der Waals surface area contributed by atoms with Crippen molar-refractivity contribution in [2.45, 2.75) is 53.4 Å². The first kappa shape index (κ1) is 24.5. The number of ether oxygens (including phenoxy) is 1. The fraction of sp³-hybridized carbons (Fsp3) is 0.321. The van der Waals surface area contributed by atoms with Crippen LogP contribution >= 0.6 is 11.3 Å². The Kier molecular flexibility index (Phi) is 6.95. The van der Waals surface area contributed by atoms with Gasteiger partial charge >= 0.3 is 5.97 Å². The number of amides is 1. The van der Waals surface area contributed by atoms with Gasteiger partial charge in [-0.15, -0.1) is 11.3 Å². The molecule has 180 valence electrons. The van der Waals surface area contributed by atoms with Crippen LogP contribution in [0.15, 0.2) is 29.8 Å². The smallest absolute Gasteiger partial charge is 0.341 e. The first-order chi connectivity index (χ1) is 16.7. The van der Waals surface area contributed by atoms with Gasteiger partial charge in [0.05, 0.1) is 12.7 Å². The summed E-state index contributed by atoms with van der Waals surface area (Å²) in [5, 5.41) is 13.4. The van der Waals surface area contributed by atoms with E-state index in [4.69, 9.17) is 4.74 Å². The topological polar surface area (TPSA) is 84.1 Å². The molecule has 0 aliphatic heterocycles. The number of fused-ring (bicyclic) bond motifs is 1. The summed E-state index contributed by atoms with van der Waals surface area (Å²) in [4.78, 5) is 26.9.